The van der Waals surface area contributed by atoms with E-state index in [0.29, 0.717) is 17.5 Å². The average molecular weight is 421 g/mol. The normalized spacial score (nSPS) is 18.4. The molecule has 0 fully saturated rings. The van der Waals surface area contributed by atoms with Gasteiger partial charge < -0.3 is 4.74 Å². The Labute approximate surface area is 169 Å². The van der Waals surface area contributed by atoms with E-state index in [1.165, 1.54) is 19.2 Å². The Bertz CT molecular complexity index is 1050. The molecule has 3 rings (SSSR count). The molecule has 2 heterocycles. The molecule has 0 bridgehead atoms. The monoisotopic (exact) mass is 421 g/mol. The third kappa shape index (κ3) is 3.77. The van der Waals surface area contributed by atoms with Crippen molar-refractivity contribution in [3.63, 3.8) is 0 Å². The molecule has 1 aromatic heterocycles. The van der Waals surface area contributed by atoms with Crippen LogP contribution in [0.4, 0.5) is 24.5 Å². The van der Waals surface area contributed by atoms with E-state index in [1.807, 2.05) is 0 Å². The molecule has 1 aliphatic heterocycles. The fraction of sp³-hybridized carbons (Fsp3) is 0.350. The maximum absolute atomic E-state index is 13.9. The SMILES string of the molecule is CCOc1nccc2c1C(c1ccc([N+](=O)[O-])cc1C(F)(F)F)C(C(C)=O)C(C)=N2. The number of aromatic nitrogens is 1. The summed E-state index contributed by atoms with van der Waals surface area (Å²) in [6.45, 7) is 4.75. The fourth-order valence-corrected chi connectivity index (χ4v) is 3.79. The number of nitro benzene ring substituents is 1. The van der Waals surface area contributed by atoms with Crippen molar-refractivity contribution in [2.24, 2.45) is 10.9 Å². The van der Waals surface area contributed by atoms with Gasteiger partial charge >= 0.3 is 6.18 Å². The summed E-state index contributed by atoms with van der Waals surface area (Å²) in [5, 5.41) is 11.1. The first kappa shape index (κ1) is 21.4. The van der Waals surface area contributed by atoms with Crippen LogP contribution in [-0.4, -0.2) is 28.0 Å². The molecule has 2 unspecified atom stereocenters. The highest BCUT2D eigenvalue weighted by Gasteiger charge is 2.44. The number of Topliss-reactive ketones (excluding diaryl/α,β-unsaturated/α-hetero) is 1. The number of hydrogen-bond donors (Lipinski definition) is 0. The van der Waals surface area contributed by atoms with Crippen molar-refractivity contribution in [3.05, 3.63) is 57.3 Å². The molecule has 30 heavy (non-hydrogen) atoms. The first-order valence-corrected chi connectivity index (χ1v) is 9.09. The van der Waals surface area contributed by atoms with Gasteiger partial charge in [0.15, 0.2) is 0 Å². The van der Waals surface area contributed by atoms with Gasteiger partial charge in [0.05, 0.1) is 28.7 Å². The molecular formula is C20H18F3N3O4. The quantitative estimate of drug-likeness (QED) is 0.508. The largest absolute Gasteiger partial charge is 0.478 e. The first-order chi connectivity index (χ1) is 14.1. The van der Waals surface area contributed by atoms with Crippen LogP contribution < -0.4 is 4.74 Å². The van der Waals surface area contributed by atoms with E-state index in [0.717, 1.165) is 12.1 Å². The topological polar surface area (TPSA) is 94.7 Å². The van der Waals surface area contributed by atoms with Crippen LogP contribution in [0.25, 0.3) is 0 Å². The van der Waals surface area contributed by atoms with Crippen LogP contribution in [0.2, 0.25) is 0 Å². The summed E-state index contributed by atoms with van der Waals surface area (Å²) in [5.74, 6) is -2.41. The van der Waals surface area contributed by atoms with Crippen molar-refractivity contribution >= 4 is 22.9 Å². The van der Waals surface area contributed by atoms with Crippen LogP contribution in [-0.2, 0) is 11.0 Å². The molecule has 0 saturated carbocycles. The summed E-state index contributed by atoms with van der Waals surface area (Å²) in [6, 6.07) is 4.07. The molecule has 0 saturated heterocycles. The number of alkyl halides is 3. The number of aliphatic imine (C=N–C) groups is 1. The van der Waals surface area contributed by atoms with E-state index in [9.17, 15) is 28.1 Å². The number of nitro groups is 1. The van der Waals surface area contributed by atoms with Crippen molar-refractivity contribution in [1.82, 2.24) is 4.98 Å². The predicted molar refractivity (Wildman–Crippen MR) is 102 cm³/mol. The van der Waals surface area contributed by atoms with E-state index in [-0.39, 0.29) is 29.4 Å². The van der Waals surface area contributed by atoms with E-state index in [4.69, 9.17) is 4.74 Å². The smallest absolute Gasteiger partial charge is 0.416 e. The Balaban J connectivity index is 2.37. The van der Waals surface area contributed by atoms with Gasteiger partial charge in [0.25, 0.3) is 5.69 Å². The number of fused-ring (bicyclic) bond motifs is 1. The van der Waals surface area contributed by atoms with E-state index in [2.05, 4.69) is 9.98 Å². The predicted octanol–water partition coefficient (Wildman–Crippen LogP) is 4.85. The lowest BCUT2D eigenvalue weighted by molar-refractivity contribution is -0.385. The molecule has 0 amide bonds. The van der Waals surface area contributed by atoms with Crippen molar-refractivity contribution in [2.75, 3.05) is 6.61 Å². The lowest BCUT2D eigenvalue weighted by atomic mass is 9.73. The number of non-ortho nitro benzene ring substituents is 1. The van der Waals surface area contributed by atoms with Gasteiger partial charge in [-0.1, -0.05) is 6.07 Å². The highest BCUT2D eigenvalue weighted by atomic mass is 19.4. The van der Waals surface area contributed by atoms with Gasteiger partial charge in [0.2, 0.25) is 5.88 Å². The van der Waals surface area contributed by atoms with Gasteiger partial charge in [-0.3, -0.25) is 19.9 Å². The van der Waals surface area contributed by atoms with E-state index < -0.39 is 34.2 Å². The fourth-order valence-electron chi connectivity index (χ4n) is 3.79. The van der Waals surface area contributed by atoms with Gasteiger partial charge in [0.1, 0.15) is 5.78 Å². The summed E-state index contributed by atoms with van der Waals surface area (Å²) in [6.07, 6.45) is -3.45. The second kappa shape index (κ2) is 7.85. The molecule has 158 valence electrons. The zero-order valence-electron chi connectivity index (χ0n) is 16.4. The van der Waals surface area contributed by atoms with Crippen LogP contribution in [0.15, 0.2) is 35.5 Å². The minimum Gasteiger partial charge on any atom is -0.478 e. The third-order valence-electron chi connectivity index (χ3n) is 4.93. The van der Waals surface area contributed by atoms with Gasteiger partial charge in [-0.25, -0.2) is 4.98 Å². The number of rotatable bonds is 5. The maximum Gasteiger partial charge on any atom is 0.416 e. The lowest BCUT2D eigenvalue weighted by Crippen LogP contribution is -2.32. The van der Waals surface area contributed by atoms with Crippen molar-refractivity contribution in [3.8, 4) is 5.88 Å². The van der Waals surface area contributed by atoms with E-state index >= 15 is 0 Å². The minimum absolute atomic E-state index is 0.0778. The number of nitrogens with zero attached hydrogens (tertiary/aromatic N) is 3. The number of pyridine rings is 1. The maximum atomic E-state index is 13.9. The van der Waals surface area contributed by atoms with Crippen LogP contribution >= 0.6 is 0 Å². The Morgan fingerprint density at radius 1 is 1.30 bits per heavy atom. The number of carbonyl (C=O) groups is 1. The molecule has 10 heteroatoms. The zero-order chi connectivity index (χ0) is 22.2. The van der Waals surface area contributed by atoms with Crippen molar-refractivity contribution in [1.29, 1.82) is 0 Å². The average Bonchev–Trinajstić information content (AvgIpc) is 2.65. The molecule has 7 nitrogen and oxygen atoms in total. The number of halogens is 3. The van der Waals surface area contributed by atoms with Crippen LogP contribution in [0, 0.1) is 16.0 Å². The lowest BCUT2D eigenvalue weighted by Gasteiger charge is -2.33. The Hall–Kier alpha value is -3.30. The molecule has 0 N–H and O–H groups in total. The minimum atomic E-state index is -4.88. The third-order valence-corrected chi connectivity index (χ3v) is 4.93. The molecule has 1 aliphatic rings. The van der Waals surface area contributed by atoms with Crippen LogP contribution in [0.1, 0.15) is 43.4 Å². The Morgan fingerprint density at radius 2 is 2.00 bits per heavy atom. The molecule has 1 aromatic carbocycles. The summed E-state index contributed by atoms with van der Waals surface area (Å²) in [4.78, 5) is 31.2. The zero-order valence-corrected chi connectivity index (χ0v) is 16.4. The number of ether oxygens (including phenoxy) is 1. The van der Waals surface area contributed by atoms with Gasteiger partial charge in [-0.15, -0.1) is 0 Å². The molecule has 0 aliphatic carbocycles. The van der Waals surface area contributed by atoms with Gasteiger partial charge in [-0.2, -0.15) is 13.2 Å². The van der Waals surface area contributed by atoms with Crippen LogP contribution in [0.3, 0.4) is 0 Å². The highest BCUT2D eigenvalue weighted by Crippen LogP contribution is 2.49. The highest BCUT2D eigenvalue weighted by molar-refractivity contribution is 6.07. The summed E-state index contributed by atoms with van der Waals surface area (Å²) < 4.78 is 47.3. The number of hydrogen-bond acceptors (Lipinski definition) is 6. The summed E-state index contributed by atoms with van der Waals surface area (Å²) in [7, 11) is 0. The van der Waals surface area contributed by atoms with E-state index in [1.54, 1.807) is 13.8 Å². The number of benzene rings is 1. The number of carbonyl (C=O) groups excluding carboxylic acids is 1. The molecule has 0 spiro atoms. The summed E-state index contributed by atoms with van der Waals surface area (Å²) >= 11 is 0. The summed E-state index contributed by atoms with van der Waals surface area (Å²) in [5.41, 5.74) is -1.19. The molecular weight excluding hydrogens is 403 g/mol. The Kier molecular flexibility index (Phi) is 5.60. The standard InChI is InChI=1S/C20H18F3N3O4/c1-4-30-19-18-15(7-8-24-19)25-10(2)16(11(3)27)17(18)13-6-5-12(26(28)29)9-14(13)20(21,22)23/h5-9,16-17H,4H2,1-3H3. The molecule has 0 radical (unpaired) electrons. The second-order valence-electron chi connectivity index (χ2n) is 6.83. The van der Waals surface area contributed by atoms with Crippen molar-refractivity contribution in [2.45, 2.75) is 32.9 Å². The molecule has 2 atom stereocenters. The molecule has 2 aromatic rings. The van der Waals surface area contributed by atoms with Crippen molar-refractivity contribution < 1.29 is 27.6 Å². The Morgan fingerprint density at radius 3 is 2.57 bits per heavy atom. The number of ketones is 1. The van der Waals surface area contributed by atoms with Gasteiger partial charge in [0, 0.05) is 35.5 Å². The van der Waals surface area contributed by atoms with Crippen LogP contribution in [0.5, 0.6) is 5.88 Å². The van der Waals surface area contributed by atoms with Gasteiger partial charge in [-0.05, 0) is 32.4 Å². The first-order valence-electron chi connectivity index (χ1n) is 9.09. The second-order valence-corrected chi connectivity index (χ2v) is 6.83.